The molecule has 0 unspecified atom stereocenters. The van der Waals surface area contributed by atoms with Crippen LogP contribution in [0, 0.1) is 11.8 Å². The molecular weight excluding hydrogens is 224 g/mol. The second-order valence-corrected chi connectivity index (χ2v) is 5.11. The normalized spacial score (nSPS) is 25.4. The van der Waals surface area contributed by atoms with E-state index < -0.39 is 0 Å². The molecule has 3 heteroatoms. The number of esters is 1. The van der Waals surface area contributed by atoms with Crippen molar-refractivity contribution in [3.63, 3.8) is 0 Å². The van der Waals surface area contributed by atoms with Crippen molar-refractivity contribution in [3.05, 3.63) is 0 Å². The highest BCUT2D eigenvalue weighted by Crippen LogP contribution is 2.31. The fourth-order valence-electron chi connectivity index (χ4n) is 2.43. The Morgan fingerprint density at radius 2 is 1.88 bits per heavy atom. The average Bonchev–Trinajstić information content (AvgIpc) is 2.34. The summed E-state index contributed by atoms with van der Waals surface area (Å²) in [4.78, 5) is 10.9. The summed E-state index contributed by atoms with van der Waals surface area (Å²) in [5.41, 5.74) is 0. The van der Waals surface area contributed by atoms with E-state index in [-0.39, 0.29) is 11.8 Å². The Bertz CT molecular complexity index is 198. The number of carbonyl (C=O) groups excluding carboxylic acids is 1. The highest BCUT2D eigenvalue weighted by Gasteiger charge is 2.21. The van der Waals surface area contributed by atoms with Crippen LogP contribution < -0.4 is 0 Å². The molecule has 0 amide bonds. The molecule has 1 aliphatic rings. The Balaban J connectivity index is 2.09. The summed E-state index contributed by atoms with van der Waals surface area (Å²) in [5, 5.41) is 0. The number of halogens is 1. The van der Waals surface area contributed by atoms with Gasteiger partial charge in [-0.05, 0) is 24.7 Å². The lowest BCUT2D eigenvalue weighted by atomic mass is 9.80. The lowest BCUT2D eigenvalue weighted by Crippen LogP contribution is -2.21. The molecule has 0 spiro atoms. The van der Waals surface area contributed by atoms with Crippen LogP contribution >= 0.6 is 11.6 Å². The van der Waals surface area contributed by atoms with Gasteiger partial charge in [0.1, 0.15) is 5.88 Å². The van der Waals surface area contributed by atoms with Crippen LogP contribution in [0.1, 0.15) is 51.9 Å². The standard InChI is InChI=1S/C13H23ClO2/c1-2-3-4-11-5-7-12(8-6-11)10-16-13(15)9-14/h11-12H,2-10H2,1H3. The van der Waals surface area contributed by atoms with Crippen LogP contribution in [0.15, 0.2) is 0 Å². The molecule has 0 aliphatic heterocycles. The zero-order chi connectivity index (χ0) is 11.8. The van der Waals surface area contributed by atoms with Gasteiger partial charge in [0, 0.05) is 0 Å². The lowest BCUT2D eigenvalue weighted by Gasteiger charge is -2.28. The molecule has 16 heavy (non-hydrogen) atoms. The summed E-state index contributed by atoms with van der Waals surface area (Å²) in [5.74, 6) is 1.19. The fourth-order valence-corrected chi connectivity index (χ4v) is 2.51. The van der Waals surface area contributed by atoms with E-state index >= 15 is 0 Å². The summed E-state index contributed by atoms with van der Waals surface area (Å²) >= 11 is 5.38. The van der Waals surface area contributed by atoms with E-state index in [1.807, 2.05) is 0 Å². The molecule has 1 fully saturated rings. The maximum Gasteiger partial charge on any atom is 0.320 e. The summed E-state index contributed by atoms with van der Waals surface area (Å²) in [6, 6.07) is 0. The van der Waals surface area contributed by atoms with Gasteiger partial charge in [0.15, 0.2) is 0 Å². The molecule has 0 aromatic rings. The van der Waals surface area contributed by atoms with Gasteiger partial charge in [0.2, 0.25) is 0 Å². The van der Waals surface area contributed by atoms with E-state index in [0.29, 0.717) is 12.5 Å². The van der Waals surface area contributed by atoms with Gasteiger partial charge in [0.05, 0.1) is 6.61 Å². The van der Waals surface area contributed by atoms with Gasteiger partial charge in [0.25, 0.3) is 0 Å². The van der Waals surface area contributed by atoms with Crippen LogP contribution in [-0.4, -0.2) is 18.5 Å². The molecule has 0 heterocycles. The number of ether oxygens (including phenoxy) is 1. The maximum atomic E-state index is 10.9. The molecule has 0 atom stereocenters. The minimum atomic E-state index is -0.283. The summed E-state index contributed by atoms with van der Waals surface area (Å²) in [7, 11) is 0. The van der Waals surface area contributed by atoms with Gasteiger partial charge in [-0.15, -0.1) is 11.6 Å². The molecule has 0 saturated heterocycles. The minimum absolute atomic E-state index is 0.0220. The first-order chi connectivity index (χ1) is 7.76. The van der Waals surface area contributed by atoms with Crippen molar-refractivity contribution in [2.24, 2.45) is 11.8 Å². The molecule has 0 aromatic heterocycles. The number of rotatable bonds is 6. The van der Waals surface area contributed by atoms with Gasteiger partial charge < -0.3 is 4.74 Å². The Morgan fingerprint density at radius 1 is 1.25 bits per heavy atom. The molecule has 0 radical (unpaired) electrons. The van der Waals surface area contributed by atoms with Crippen LogP contribution in [-0.2, 0) is 9.53 Å². The molecule has 0 N–H and O–H groups in total. The third-order valence-electron chi connectivity index (χ3n) is 3.52. The predicted molar refractivity (Wildman–Crippen MR) is 66.7 cm³/mol. The maximum absolute atomic E-state index is 10.9. The van der Waals surface area contributed by atoms with Gasteiger partial charge in [-0.3, -0.25) is 4.79 Å². The third kappa shape index (κ3) is 5.20. The zero-order valence-electron chi connectivity index (χ0n) is 10.2. The SMILES string of the molecule is CCCCC1CCC(COC(=O)CCl)CC1. The Morgan fingerprint density at radius 3 is 2.44 bits per heavy atom. The molecule has 1 aliphatic carbocycles. The van der Waals surface area contributed by atoms with Crippen LogP contribution in [0.5, 0.6) is 0 Å². The molecule has 1 saturated carbocycles. The van der Waals surface area contributed by atoms with Crippen LogP contribution in [0.2, 0.25) is 0 Å². The summed E-state index contributed by atoms with van der Waals surface area (Å²) in [6.45, 7) is 2.82. The largest absolute Gasteiger partial charge is 0.465 e. The van der Waals surface area contributed by atoms with Crippen molar-refractivity contribution >= 4 is 17.6 Å². The van der Waals surface area contributed by atoms with E-state index in [1.165, 1.54) is 44.9 Å². The van der Waals surface area contributed by atoms with Crippen molar-refractivity contribution in [2.45, 2.75) is 51.9 Å². The number of hydrogen-bond donors (Lipinski definition) is 0. The topological polar surface area (TPSA) is 26.3 Å². The van der Waals surface area contributed by atoms with Crippen molar-refractivity contribution in [3.8, 4) is 0 Å². The van der Waals surface area contributed by atoms with Crippen LogP contribution in [0.4, 0.5) is 0 Å². The molecule has 0 bridgehead atoms. The Labute approximate surface area is 104 Å². The minimum Gasteiger partial charge on any atom is -0.465 e. The monoisotopic (exact) mass is 246 g/mol. The molecule has 0 aromatic carbocycles. The number of unbranched alkanes of at least 4 members (excludes halogenated alkanes) is 1. The Kier molecular flexibility index (Phi) is 6.86. The first-order valence-electron chi connectivity index (χ1n) is 6.47. The highest BCUT2D eigenvalue weighted by atomic mass is 35.5. The smallest absolute Gasteiger partial charge is 0.320 e. The lowest BCUT2D eigenvalue weighted by molar-refractivity contribution is -0.142. The van der Waals surface area contributed by atoms with Gasteiger partial charge in [-0.1, -0.05) is 39.0 Å². The number of hydrogen-bond acceptors (Lipinski definition) is 2. The van der Waals surface area contributed by atoms with Gasteiger partial charge in [-0.25, -0.2) is 0 Å². The second kappa shape index (κ2) is 7.94. The first-order valence-corrected chi connectivity index (χ1v) is 7.01. The molecule has 94 valence electrons. The summed E-state index contributed by atoms with van der Waals surface area (Å²) < 4.78 is 5.08. The van der Waals surface area contributed by atoms with Crippen molar-refractivity contribution in [1.29, 1.82) is 0 Å². The second-order valence-electron chi connectivity index (χ2n) is 4.85. The summed E-state index contributed by atoms with van der Waals surface area (Å²) in [6.07, 6.45) is 9.08. The molecule has 2 nitrogen and oxygen atoms in total. The van der Waals surface area contributed by atoms with Crippen LogP contribution in [0.25, 0.3) is 0 Å². The Hall–Kier alpha value is -0.240. The average molecular weight is 247 g/mol. The number of carbonyl (C=O) groups is 1. The molecule has 1 rings (SSSR count). The predicted octanol–water partition coefficient (Wildman–Crippen LogP) is 3.77. The third-order valence-corrected chi connectivity index (χ3v) is 3.74. The van der Waals surface area contributed by atoms with Crippen molar-refractivity contribution < 1.29 is 9.53 Å². The van der Waals surface area contributed by atoms with Crippen molar-refractivity contribution in [2.75, 3.05) is 12.5 Å². The van der Waals surface area contributed by atoms with Gasteiger partial charge in [-0.2, -0.15) is 0 Å². The van der Waals surface area contributed by atoms with E-state index in [2.05, 4.69) is 6.92 Å². The van der Waals surface area contributed by atoms with Gasteiger partial charge >= 0.3 is 5.97 Å². The molecular formula is C13H23ClO2. The zero-order valence-corrected chi connectivity index (χ0v) is 11.0. The van der Waals surface area contributed by atoms with Crippen LogP contribution in [0.3, 0.4) is 0 Å². The first kappa shape index (κ1) is 13.8. The fraction of sp³-hybridized carbons (Fsp3) is 0.923. The van der Waals surface area contributed by atoms with E-state index in [1.54, 1.807) is 0 Å². The van der Waals surface area contributed by atoms with Crippen molar-refractivity contribution in [1.82, 2.24) is 0 Å². The highest BCUT2D eigenvalue weighted by molar-refractivity contribution is 6.26. The van der Waals surface area contributed by atoms with E-state index in [4.69, 9.17) is 16.3 Å². The van der Waals surface area contributed by atoms with E-state index in [9.17, 15) is 4.79 Å². The number of alkyl halides is 1. The van der Waals surface area contributed by atoms with E-state index in [0.717, 1.165) is 5.92 Å². The quantitative estimate of drug-likeness (QED) is 0.527.